The molecule has 1 amide bonds. The number of amidine groups is 1. The lowest BCUT2D eigenvalue weighted by atomic mass is 10.0. The van der Waals surface area contributed by atoms with Crippen molar-refractivity contribution in [3.8, 4) is 0 Å². The minimum Gasteiger partial charge on any atom is -0.289 e. The molecule has 0 unspecified atom stereocenters. The lowest BCUT2D eigenvalue weighted by Crippen LogP contribution is -2.23. The van der Waals surface area contributed by atoms with Gasteiger partial charge < -0.3 is 0 Å². The zero-order valence-corrected chi connectivity index (χ0v) is 14.4. The monoisotopic (exact) mass is 345 g/mol. The molecule has 0 aliphatic carbocycles. The summed E-state index contributed by atoms with van der Waals surface area (Å²) < 4.78 is 0. The highest BCUT2D eigenvalue weighted by molar-refractivity contribution is 8.18. The molecule has 4 nitrogen and oxygen atoms in total. The molecule has 1 aromatic heterocycles. The molecule has 1 aliphatic rings. The third kappa shape index (κ3) is 3.06. The number of amides is 1. The van der Waals surface area contributed by atoms with Crippen LogP contribution in [0.15, 0.2) is 76.8 Å². The van der Waals surface area contributed by atoms with Crippen LogP contribution in [0.2, 0.25) is 0 Å². The third-order valence-corrected chi connectivity index (χ3v) is 5.03. The predicted octanol–water partition coefficient (Wildman–Crippen LogP) is 4.47. The van der Waals surface area contributed by atoms with E-state index in [1.165, 1.54) is 11.8 Å². The van der Waals surface area contributed by atoms with Crippen molar-refractivity contribution in [1.29, 1.82) is 0 Å². The largest absolute Gasteiger partial charge is 0.289 e. The number of hydrogen-bond acceptors (Lipinski definition) is 4. The van der Waals surface area contributed by atoms with E-state index in [1.54, 1.807) is 18.1 Å². The number of aliphatic imine (C=N–C) groups is 1. The fourth-order valence-corrected chi connectivity index (χ4v) is 3.65. The molecule has 0 atom stereocenters. The summed E-state index contributed by atoms with van der Waals surface area (Å²) in [5.74, 6) is 0.545. The van der Waals surface area contributed by atoms with Crippen LogP contribution in [0.4, 0.5) is 5.82 Å². The molecule has 0 bridgehead atoms. The van der Waals surface area contributed by atoms with E-state index in [-0.39, 0.29) is 5.91 Å². The van der Waals surface area contributed by atoms with Crippen LogP contribution in [0.1, 0.15) is 5.56 Å². The highest BCUT2D eigenvalue weighted by Gasteiger charge is 2.30. The molecule has 0 spiro atoms. The molecule has 5 heteroatoms. The van der Waals surface area contributed by atoms with Gasteiger partial charge >= 0.3 is 0 Å². The summed E-state index contributed by atoms with van der Waals surface area (Å²) >= 11 is 1.37. The van der Waals surface area contributed by atoms with E-state index in [9.17, 15) is 4.79 Å². The molecule has 25 heavy (non-hydrogen) atoms. The van der Waals surface area contributed by atoms with Gasteiger partial charge in [-0.1, -0.05) is 48.5 Å². The van der Waals surface area contributed by atoms with Crippen molar-refractivity contribution in [2.24, 2.45) is 4.99 Å². The Labute approximate surface area is 149 Å². The second-order valence-electron chi connectivity index (χ2n) is 5.63. The summed E-state index contributed by atoms with van der Waals surface area (Å²) in [7, 11) is 1.74. The molecule has 0 saturated carbocycles. The maximum Gasteiger partial charge on any atom is 0.266 e. The lowest BCUT2D eigenvalue weighted by molar-refractivity contribution is -0.121. The Kier molecular flexibility index (Phi) is 4.07. The average molecular weight is 345 g/mol. The summed E-state index contributed by atoms with van der Waals surface area (Å²) in [5, 5.41) is 2.92. The molecular formula is C20H15N3OS. The molecule has 2 aromatic carbocycles. The minimum atomic E-state index is -0.0485. The van der Waals surface area contributed by atoms with Crippen LogP contribution in [-0.2, 0) is 4.79 Å². The van der Waals surface area contributed by atoms with Gasteiger partial charge in [-0.2, -0.15) is 0 Å². The second kappa shape index (κ2) is 6.53. The van der Waals surface area contributed by atoms with Gasteiger partial charge in [0.05, 0.1) is 4.91 Å². The number of likely N-dealkylation sites (N-methyl/N-ethyl adjacent to an activating group) is 1. The van der Waals surface area contributed by atoms with Crippen molar-refractivity contribution in [1.82, 2.24) is 9.88 Å². The first-order chi connectivity index (χ1) is 12.2. The molecular weight excluding hydrogens is 330 g/mol. The SMILES string of the molecule is CN1C(=O)/C(=C/c2cccc3ccccc23)S/C1=N/c1ccccn1. The minimum absolute atomic E-state index is 0.0485. The second-order valence-corrected chi connectivity index (χ2v) is 6.63. The van der Waals surface area contributed by atoms with Gasteiger partial charge in [0.25, 0.3) is 5.91 Å². The maximum absolute atomic E-state index is 12.6. The van der Waals surface area contributed by atoms with Gasteiger partial charge in [0.1, 0.15) is 0 Å². The molecule has 122 valence electrons. The number of fused-ring (bicyclic) bond motifs is 1. The van der Waals surface area contributed by atoms with Gasteiger partial charge in [-0.05, 0) is 46.3 Å². The van der Waals surface area contributed by atoms with Crippen LogP contribution in [0.3, 0.4) is 0 Å². The van der Waals surface area contributed by atoms with Gasteiger partial charge in [0.2, 0.25) is 0 Å². The first-order valence-corrected chi connectivity index (χ1v) is 8.69. The number of carbonyl (C=O) groups is 1. The molecule has 1 aliphatic heterocycles. The fraction of sp³-hybridized carbons (Fsp3) is 0.0500. The van der Waals surface area contributed by atoms with E-state index >= 15 is 0 Å². The number of thioether (sulfide) groups is 1. The average Bonchev–Trinajstić information content (AvgIpc) is 2.91. The first-order valence-electron chi connectivity index (χ1n) is 7.87. The van der Waals surface area contributed by atoms with Crippen molar-refractivity contribution in [3.05, 3.63) is 77.3 Å². The van der Waals surface area contributed by atoms with Gasteiger partial charge in [-0.25, -0.2) is 9.98 Å². The number of aromatic nitrogens is 1. The van der Waals surface area contributed by atoms with Crippen LogP contribution in [-0.4, -0.2) is 28.0 Å². The zero-order valence-electron chi connectivity index (χ0n) is 13.6. The number of nitrogens with zero attached hydrogens (tertiary/aromatic N) is 3. The summed E-state index contributed by atoms with van der Waals surface area (Å²) in [6.45, 7) is 0. The fourth-order valence-electron chi connectivity index (χ4n) is 2.69. The van der Waals surface area contributed by atoms with E-state index < -0.39 is 0 Å². The van der Waals surface area contributed by atoms with E-state index in [1.807, 2.05) is 48.5 Å². The van der Waals surface area contributed by atoms with Gasteiger partial charge in [0, 0.05) is 13.2 Å². The molecule has 2 heterocycles. The van der Waals surface area contributed by atoms with Crippen LogP contribution < -0.4 is 0 Å². The van der Waals surface area contributed by atoms with Crippen molar-refractivity contribution in [2.45, 2.75) is 0 Å². The quantitative estimate of drug-likeness (QED) is 0.644. The van der Waals surface area contributed by atoms with Gasteiger partial charge in [0.15, 0.2) is 11.0 Å². The number of pyridine rings is 1. The van der Waals surface area contributed by atoms with E-state index in [0.29, 0.717) is 15.9 Å². The molecule has 0 radical (unpaired) electrons. The number of rotatable bonds is 2. The van der Waals surface area contributed by atoms with Crippen molar-refractivity contribution < 1.29 is 4.79 Å². The summed E-state index contributed by atoms with van der Waals surface area (Å²) in [6.07, 6.45) is 3.63. The van der Waals surface area contributed by atoms with Crippen molar-refractivity contribution in [2.75, 3.05) is 7.05 Å². The van der Waals surface area contributed by atoms with E-state index in [2.05, 4.69) is 28.2 Å². The Morgan fingerprint density at radius 2 is 1.84 bits per heavy atom. The van der Waals surface area contributed by atoms with Crippen LogP contribution >= 0.6 is 11.8 Å². The molecule has 3 aromatic rings. The molecule has 4 rings (SSSR count). The highest BCUT2D eigenvalue weighted by atomic mass is 32.2. The highest BCUT2D eigenvalue weighted by Crippen LogP contribution is 2.33. The standard InChI is InChI=1S/C20H15N3OS/c1-23-19(24)17(25-20(23)22-18-11-4-5-12-21-18)13-15-9-6-8-14-7-2-3-10-16(14)15/h2-13H,1H3/b17-13-,22-20+. The molecule has 1 saturated heterocycles. The Hall–Kier alpha value is -2.92. The Balaban J connectivity index is 1.72. The predicted molar refractivity (Wildman–Crippen MR) is 104 cm³/mol. The van der Waals surface area contributed by atoms with Gasteiger partial charge in [-0.3, -0.25) is 9.69 Å². The first kappa shape index (κ1) is 15.6. The van der Waals surface area contributed by atoms with E-state index in [0.717, 1.165) is 16.3 Å². The van der Waals surface area contributed by atoms with Crippen molar-refractivity contribution >= 4 is 45.5 Å². The summed E-state index contributed by atoms with van der Waals surface area (Å²) in [4.78, 5) is 23.5. The summed E-state index contributed by atoms with van der Waals surface area (Å²) in [6, 6.07) is 19.8. The van der Waals surface area contributed by atoms with Crippen molar-refractivity contribution in [3.63, 3.8) is 0 Å². The Morgan fingerprint density at radius 1 is 1.04 bits per heavy atom. The number of hydrogen-bond donors (Lipinski definition) is 0. The van der Waals surface area contributed by atoms with E-state index in [4.69, 9.17) is 0 Å². The van der Waals surface area contributed by atoms with Gasteiger partial charge in [-0.15, -0.1) is 0 Å². The molecule has 1 fully saturated rings. The smallest absolute Gasteiger partial charge is 0.266 e. The summed E-state index contributed by atoms with van der Waals surface area (Å²) in [5.41, 5.74) is 1.03. The third-order valence-electron chi connectivity index (χ3n) is 3.97. The van der Waals surface area contributed by atoms with Crippen LogP contribution in [0.5, 0.6) is 0 Å². The normalized spacial score (nSPS) is 17.8. The molecule has 0 N–H and O–H groups in total. The van der Waals surface area contributed by atoms with Crippen LogP contribution in [0, 0.1) is 0 Å². The number of carbonyl (C=O) groups excluding carboxylic acids is 1. The zero-order chi connectivity index (χ0) is 17.2. The Morgan fingerprint density at radius 3 is 2.68 bits per heavy atom. The number of benzene rings is 2. The lowest BCUT2D eigenvalue weighted by Gasteiger charge is -2.06. The van der Waals surface area contributed by atoms with Crippen LogP contribution in [0.25, 0.3) is 16.8 Å². The maximum atomic E-state index is 12.6. The Bertz CT molecular complexity index is 1010. The topological polar surface area (TPSA) is 45.6 Å².